The van der Waals surface area contributed by atoms with Crippen molar-refractivity contribution < 1.29 is 0 Å². The summed E-state index contributed by atoms with van der Waals surface area (Å²) in [4.78, 5) is 0. The molecule has 4 nitrogen and oxygen atoms in total. The monoisotopic (exact) mass is 734 g/mol. The highest BCUT2D eigenvalue weighted by atomic mass is 15.0. The van der Waals surface area contributed by atoms with Crippen LogP contribution in [0.4, 0.5) is 0 Å². The summed E-state index contributed by atoms with van der Waals surface area (Å²) in [7, 11) is 0. The molecule has 0 aliphatic heterocycles. The molecular formula is C54H30N4. The van der Waals surface area contributed by atoms with Crippen LogP contribution in [-0.4, -0.2) is 17.9 Å². The van der Waals surface area contributed by atoms with Crippen molar-refractivity contribution in [2.24, 2.45) is 0 Å². The van der Waals surface area contributed by atoms with Gasteiger partial charge in [0, 0.05) is 76.0 Å². The minimum atomic E-state index is 1.17. The van der Waals surface area contributed by atoms with Crippen molar-refractivity contribution in [1.82, 2.24) is 17.9 Å². The molecule has 0 N–H and O–H groups in total. The highest BCUT2D eigenvalue weighted by molar-refractivity contribution is 6.38. The lowest BCUT2D eigenvalue weighted by molar-refractivity contribution is 1.18. The van der Waals surface area contributed by atoms with Gasteiger partial charge < -0.3 is 17.9 Å². The molecule has 0 aliphatic rings. The molecule has 58 heavy (non-hydrogen) atoms. The van der Waals surface area contributed by atoms with Gasteiger partial charge in [-0.1, -0.05) is 109 Å². The van der Waals surface area contributed by atoms with E-state index in [9.17, 15) is 0 Å². The second kappa shape index (κ2) is 10.1. The van der Waals surface area contributed by atoms with Crippen LogP contribution in [0, 0.1) is 0 Å². The zero-order valence-corrected chi connectivity index (χ0v) is 31.1. The van der Waals surface area contributed by atoms with E-state index in [0.29, 0.717) is 0 Å². The van der Waals surface area contributed by atoms with Crippen LogP contribution in [-0.2, 0) is 0 Å². The lowest BCUT2D eigenvalue weighted by atomic mass is 10.0. The van der Waals surface area contributed by atoms with Crippen molar-refractivity contribution in [2.45, 2.75) is 0 Å². The predicted molar refractivity (Wildman–Crippen MR) is 244 cm³/mol. The maximum Gasteiger partial charge on any atom is 0.0628 e. The van der Waals surface area contributed by atoms with Crippen molar-refractivity contribution in [3.63, 3.8) is 0 Å². The summed E-state index contributed by atoms with van der Waals surface area (Å²) >= 11 is 0. The number of hydrogen-bond donors (Lipinski definition) is 0. The molecule has 0 saturated carbocycles. The molecule has 6 aromatic heterocycles. The van der Waals surface area contributed by atoms with Crippen LogP contribution in [0.15, 0.2) is 182 Å². The van der Waals surface area contributed by atoms with E-state index in [-0.39, 0.29) is 0 Å². The van der Waals surface area contributed by atoms with Gasteiger partial charge in [-0.2, -0.15) is 0 Å². The zero-order chi connectivity index (χ0) is 37.4. The molecule has 0 atom stereocenters. The van der Waals surface area contributed by atoms with E-state index in [1.807, 2.05) is 0 Å². The highest BCUT2D eigenvalue weighted by Crippen LogP contribution is 2.50. The van der Waals surface area contributed by atoms with Crippen molar-refractivity contribution in [3.05, 3.63) is 182 Å². The fourth-order valence-electron chi connectivity index (χ4n) is 11.2. The molecule has 9 aromatic carbocycles. The highest BCUT2D eigenvalue weighted by Gasteiger charge is 2.27. The van der Waals surface area contributed by atoms with Crippen LogP contribution >= 0.6 is 0 Å². The number of aromatic nitrogens is 4. The molecule has 0 amide bonds. The Morgan fingerprint density at radius 3 is 1.41 bits per heavy atom. The summed E-state index contributed by atoms with van der Waals surface area (Å²) in [5.41, 5.74) is 14.8. The van der Waals surface area contributed by atoms with Gasteiger partial charge in [-0.25, -0.2) is 0 Å². The third kappa shape index (κ3) is 3.34. The molecular weight excluding hydrogens is 705 g/mol. The molecule has 15 aromatic rings. The Labute approximate surface area is 329 Å². The molecule has 0 radical (unpaired) electrons. The second-order valence-corrected chi connectivity index (χ2v) is 16.1. The smallest absolute Gasteiger partial charge is 0.0628 e. The Morgan fingerprint density at radius 1 is 0.224 bits per heavy atom. The average Bonchev–Trinajstić information content (AvgIpc) is 4.11. The number of nitrogens with zero attached hydrogens (tertiary/aromatic N) is 4. The van der Waals surface area contributed by atoms with Crippen LogP contribution in [0.2, 0.25) is 0 Å². The summed E-state index contributed by atoms with van der Waals surface area (Å²) in [5.74, 6) is 0. The molecule has 266 valence electrons. The van der Waals surface area contributed by atoms with Gasteiger partial charge in [-0.15, -0.1) is 0 Å². The SMILES string of the molecule is c1ccc(-n2c3ccccc3c3cc4c(cc32)c2c3c5ccccc5n(-c5ccccc5)c3cc3c5cc6c7cccc8c9ccccc9n(c6cc5n4c32)c87)cc1. The molecule has 0 bridgehead atoms. The van der Waals surface area contributed by atoms with E-state index in [0.717, 1.165) is 0 Å². The Hall–Kier alpha value is -7.82. The Balaban J connectivity index is 1.23. The van der Waals surface area contributed by atoms with Crippen molar-refractivity contribution >= 4 is 120 Å². The van der Waals surface area contributed by atoms with Gasteiger partial charge in [0.05, 0.1) is 55.2 Å². The van der Waals surface area contributed by atoms with Crippen molar-refractivity contribution in [2.75, 3.05) is 0 Å². The summed E-state index contributed by atoms with van der Waals surface area (Å²) in [6.45, 7) is 0. The average molecular weight is 735 g/mol. The number of rotatable bonds is 2. The van der Waals surface area contributed by atoms with E-state index >= 15 is 0 Å². The van der Waals surface area contributed by atoms with Gasteiger partial charge in [-0.05, 0) is 72.8 Å². The fourth-order valence-corrected chi connectivity index (χ4v) is 11.2. The quantitative estimate of drug-likeness (QED) is 0.168. The van der Waals surface area contributed by atoms with Gasteiger partial charge >= 0.3 is 0 Å². The van der Waals surface area contributed by atoms with E-state index in [2.05, 4.69) is 200 Å². The fraction of sp³-hybridized carbons (Fsp3) is 0. The van der Waals surface area contributed by atoms with Crippen LogP contribution in [0.5, 0.6) is 0 Å². The molecule has 6 heterocycles. The van der Waals surface area contributed by atoms with Gasteiger partial charge in [0.25, 0.3) is 0 Å². The third-order valence-electron chi connectivity index (χ3n) is 13.4. The number of hydrogen-bond acceptors (Lipinski definition) is 0. The van der Waals surface area contributed by atoms with Gasteiger partial charge in [0.1, 0.15) is 0 Å². The second-order valence-electron chi connectivity index (χ2n) is 16.1. The van der Waals surface area contributed by atoms with Gasteiger partial charge in [0.2, 0.25) is 0 Å². The molecule has 0 saturated heterocycles. The minimum absolute atomic E-state index is 1.17. The van der Waals surface area contributed by atoms with Crippen molar-refractivity contribution in [1.29, 1.82) is 0 Å². The first-order valence-corrected chi connectivity index (χ1v) is 20.1. The molecule has 0 fully saturated rings. The van der Waals surface area contributed by atoms with E-state index in [1.54, 1.807) is 0 Å². The Morgan fingerprint density at radius 2 is 0.690 bits per heavy atom. The van der Waals surface area contributed by atoms with Crippen LogP contribution in [0.3, 0.4) is 0 Å². The van der Waals surface area contributed by atoms with Crippen molar-refractivity contribution in [3.8, 4) is 11.4 Å². The van der Waals surface area contributed by atoms with Crippen LogP contribution < -0.4 is 0 Å². The lowest BCUT2D eigenvalue weighted by Gasteiger charge is -2.09. The first-order valence-electron chi connectivity index (χ1n) is 20.1. The summed E-state index contributed by atoms with van der Waals surface area (Å²) in [6, 6.07) is 67.7. The van der Waals surface area contributed by atoms with E-state index < -0.39 is 0 Å². The van der Waals surface area contributed by atoms with Gasteiger partial charge in [0.15, 0.2) is 0 Å². The lowest BCUT2D eigenvalue weighted by Crippen LogP contribution is -1.93. The zero-order valence-electron chi connectivity index (χ0n) is 31.1. The Bertz CT molecular complexity index is 4230. The van der Waals surface area contributed by atoms with Crippen LogP contribution in [0.1, 0.15) is 0 Å². The van der Waals surface area contributed by atoms with Crippen LogP contribution in [0.25, 0.3) is 131 Å². The molecule has 0 aliphatic carbocycles. The molecule has 4 heteroatoms. The third-order valence-corrected chi connectivity index (χ3v) is 13.4. The normalized spacial score (nSPS) is 12.8. The standard InChI is InChI=1S/C54H30N4/c1-3-14-31(15-4-1)55-43-23-10-8-19-34(43)40-27-47-42(29-46(40)55)52-51-37-20-9-12-25-45(37)56(32-16-5-2-6-17-32)50(51)28-41-39-26-38-36-22-13-21-35-33-18-7-11-24-44(33)57(53(35)36)48(38)30-49(39)58(47)54(41)52/h1-30H. The largest absolute Gasteiger partial charge is 0.309 e. The molecule has 15 rings (SSSR count). The summed E-state index contributed by atoms with van der Waals surface area (Å²) in [6.07, 6.45) is 0. The predicted octanol–water partition coefficient (Wildman–Crippen LogP) is 14.2. The summed E-state index contributed by atoms with van der Waals surface area (Å²) in [5, 5.41) is 15.4. The Kier molecular flexibility index (Phi) is 5.14. The maximum absolute atomic E-state index is 2.60. The number of para-hydroxylation sites is 6. The minimum Gasteiger partial charge on any atom is -0.309 e. The molecule has 0 unspecified atom stereocenters. The van der Waals surface area contributed by atoms with E-state index in [1.165, 1.54) is 131 Å². The summed E-state index contributed by atoms with van der Waals surface area (Å²) < 4.78 is 10.0. The first kappa shape index (κ1) is 29.5. The van der Waals surface area contributed by atoms with E-state index in [4.69, 9.17) is 0 Å². The first-order chi connectivity index (χ1) is 28.8. The maximum atomic E-state index is 2.60. The number of fused-ring (bicyclic) bond motifs is 19. The topological polar surface area (TPSA) is 18.7 Å². The number of benzene rings is 9. The van der Waals surface area contributed by atoms with Gasteiger partial charge in [-0.3, -0.25) is 0 Å². The molecule has 0 spiro atoms.